The van der Waals surface area contributed by atoms with Crippen LogP contribution in [0.5, 0.6) is 0 Å². The van der Waals surface area contributed by atoms with Gasteiger partial charge in [-0.25, -0.2) is 0 Å². The topological polar surface area (TPSA) is 57.4 Å². The van der Waals surface area contributed by atoms with E-state index in [1.54, 1.807) is 0 Å². The number of nitrogens with zero attached hydrogens (tertiary/aromatic N) is 4. The van der Waals surface area contributed by atoms with E-state index in [2.05, 4.69) is 69.8 Å². The third-order valence-corrected chi connectivity index (χ3v) is 9.79. The normalized spacial score (nSPS) is 11.6. The van der Waals surface area contributed by atoms with Crippen molar-refractivity contribution in [1.29, 1.82) is 10.5 Å². The van der Waals surface area contributed by atoms with E-state index < -0.39 is 0 Å². The van der Waals surface area contributed by atoms with Crippen molar-refractivity contribution >= 4 is 75.7 Å². The van der Waals surface area contributed by atoms with Crippen LogP contribution < -0.4 is 0 Å². The molecule has 0 saturated carbocycles. The van der Waals surface area contributed by atoms with Crippen molar-refractivity contribution in [2.75, 3.05) is 0 Å². The SMILES string of the molecule is N#Cc1c(-n2c3ccccc3c3ccccc32)sc2c(C#N)c(-n3c4ccccc4c4ccccc43)sc12. The minimum absolute atomic E-state index is 0.616. The Labute approximate surface area is 225 Å². The summed E-state index contributed by atoms with van der Waals surface area (Å²) in [4.78, 5) is 0. The van der Waals surface area contributed by atoms with Crippen LogP contribution in [0.4, 0.5) is 0 Å². The Kier molecular flexibility index (Phi) is 4.36. The zero-order chi connectivity index (χ0) is 25.4. The number of nitriles is 2. The minimum Gasteiger partial charge on any atom is -0.299 e. The van der Waals surface area contributed by atoms with Crippen LogP contribution in [0.15, 0.2) is 97.1 Å². The van der Waals surface area contributed by atoms with Gasteiger partial charge in [0.1, 0.15) is 33.3 Å². The molecule has 0 unspecified atom stereocenters. The number of rotatable bonds is 2. The molecule has 0 atom stereocenters. The second kappa shape index (κ2) is 7.81. The molecule has 4 heterocycles. The van der Waals surface area contributed by atoms with Crippen LogP contribution in [0.2, 0.25) is 0 Å². The van der Waals surface area contributed by atoms with Crippen LogP contribution in [0.3, 0.4) is 0 Å². The van der Waals surface area contributed by atoms with Crippen molar-refractivity contribution in [3.63, 3.8) is 0 Å². The van der Waals surface area contributed by atoms with E-state index in [1.807, 2.05) is 48.5 Å². The van der Waals surface area contributed by atoms with Gasteiger partial charge in [-0.3, -0.25) is 9.13 Å². The molecule has 0 aliphatic carbocycles. The average Bonchev–Trinajstić information content (AvgIpc) is 3.68. The zero-order valence-electron chi connectivity index (χ0n) is 19.8. The van der Waals surface area contributed by atoms with Crippen LogP contribution in [-0.4, -0.2) is 9.13 Å². The van der Waals surface area contributed by atoms with Gasteiger partial charge in [-0.05, 0) is 24.3 Å². The fraction of sp³-hybridized carbons (Fsp3) is 0. The van der Waals surface area contributed by atoms with Gasteiger partial charge >= 0.3 is 0 Å². The van der Waals surface area contributed by atoms with Gasteiger partial charge in [0.15, 0.2) is 0 Å². The summed E-state index contributed by atoms with van der Waals surface area (Å²) < 4.78 is 6.09. The van der Waals surface area contributed by atoms with Crippen molar-refractivity contribution in [3.8, 4) is 22.1 Å². The van der Waals surface area contributed by atoms with Gasteiger partial charge < -0.3 is 0 Å². The largest absolute Gasteiger partial charge is 0.299 e. The number of benzene rings is 4. The predicted octanol–water partition coefficient (Wildman–Crippen LogP) is 8.90. The van der Waals surface area contributed by atoms with Gasteiger partial charge in [-0.1, -0.05) is 72.8 Å². The number of thiophene rings is 2. The molecule has 4 aromatic carbocycles. The molecule has 0 bridgehead atoms. The third kappa shape index (κ3) is 2.65. The maximum Gasteiger partial charge on any atom is 0.120 e. The van der Waals surface area contributed by atoms with Crippen molar-refractivity contribution in [1.82, 2.24) is 9.13 Å². The molecule has 0 fully saturated rings. The molecule has 6 heteroatoms. The Morgan fingerprint density at radius 1 is 0.447 bits per heavy atom. The van der Waals surface area contributed by atoms with E-state index in [9.17, 15) is 10.5 Å². The molecule has 0 spiro atoms. The molecule has 0 radical (unpaired) electrons. The first-order valence-corrected chi connectivity index (χ1v) is 13.8. The lowest BCUT2D eigenvalue weighted by atomic mass is 10.2. The van der Waals surface area contributed by atoms with Crippen LogP contribution in [-0.2, 0) is 0 Å². The number of aromatic nitrogens is 2. The van der Waals surface area contributed by atoms with Gasteiger partial charge in [0.25, 0.3) is 0 Å². The first-order valence-electron chi connectivity index (χ1n) is 12.2. The lowest BCUT2D eigenvalue weighted by Gasteiger charge is -2.07. The van der Waals surface area contributed by atoms with E-state index in [-0.39, 0.29) is 0 Å². The van der Waals surface area contributed by atoms with E-state index in [0.29, 0.717) is 11.1 Å². The first kappa shape index (κ1) is 21.2. The van der Waals surface area contributed by atoms with Crippen molar-refractivity contribution < 1.29 is 0 Å². The number of hydrogen-bond donors (Lipinski definition) is 0. The highest BCUT2D eigenvalue weighted by molar-refractivity contribution is 7.31. The fourth-order valence-electron chi connectivity index (χ4n) is 5.71. The summed E-state index contributed by atoms with van der Waals surface area (Å²) in [5, 5.41) is 27.2. The summed E-state index contributed by atoms with van der Waals surface area (Å²) in [6, 6.07) is 38.2. The second-order valence-electron chi connectivity index (χ2n) is 9.19. The second-order valence-corrected chi connectivity index (χ2v) is 11.2. The van der Waals surface area contributed by atoms with Crippen LogP contribution in [0.1, 0.15) is 11.1 Å². The van der Waals surface area contributed by atoms with Gasteiger partial charge in [0, 0.05) is 21.5 Å². The standard InChI is InChI=1S/C32H16N4S2/c33-17-23-29-30(37-31(23)35-25-13-5-1-9-19(25)20-10-2-6-14-26(20)35)24(18-34)32(38-29)36-27-15-7-3-11-21(27)22-12-4-8-16-28(22)36/h1-16H. The smallest absolute Gasteiger partial charge is 0.120 e. The molecule has 8 rings (SSSR count). The summed E-state index contributed by atoms with van der Waals surface area (Å²) in [6.07, 6.45) is 0. The van der Waals surface area contributed by atoms with E-state index >= 15 is 0 Å². The van der Waals surface area contributed by atoms with Gasteiger partial charge in [-0.15, -0.1) is 22.7 Å². The minimum atomic E-state index is 0.616. The molecule has 4 aromatic heterocycles. The highest BCUT2D eigenvalue weighted by Crippen LogP contribution is 2.47. The first-order chi connectivity index (χ1) is 18.8. The summed E-state index contributed by atoms with van der Waals surface area (Å²) in [7, 11) is 0. The Morgan fingerprint density at radius 2 is 0.737 bits per heavy atom. The Balaban J connectivity index is 1.48. The highest BCUT2D eigenvalue weighted by atomic mass is 32.1. The molecule has 4 nitrogen and oxygen atoms in total. The summed E-state index contributed by atoms with van der Waals surface area (Å²) >= 11 is 3.06. The molecule has 8 aromatic rings. The van der Waals surface area contributed by atoms with Crippen LogP contribution in [0.25, 0.3) is 63.0 Å². The summed E-state index contributed by atoms with van der Waals surface area (Å²) in [5.41, 5.74) is 5.45. The third-order valence-electron chi connectivity index (χ3n) is 7.28. The monoisotopic (exact) mass is 520 g/mol. The van der Waals surface area contributed by atoms with Gasteiger partial charge in [0.05, 0.1) is 31.5 Å². The Hall–Kier alpha value is -4.88. The maximum atomic E-state index is 10.5. The fourth-order valence-corrected chi connectivity index (χ4v) is 8.43. The lowest BCUT2D eigenvalue weighted by Crippen LogP contribution is -1.94. The molecule has 38 heavy (non-hydrogen) atoms. The Morgan fingerprint density at radius 3 is 1.03 bits per heavy atom. The molecule has 0 saturated heterocycles. The maximum absolute atomic E-state index is 10.5. The van der Waals surface area contributed by atoms with Crippen LogP contribution >= 0.6 is 22.7 Å². The van der Waals surface area contributed by atoms with Crippen molar-refractivity contribution in [2.24, 2.45) is 0 Å². The molecule has 0 amide bonds. The molecular weight excluding hydrogens is 505 g/mol. The Bertz CT molecular complexity index is 2060. The number of hydrogen-bond acceptors (Lipinski definition) is 4. The molecule has 176 valence electrons. The molecule has 0 aliphatic heterocycles. The summed E-state index contributed by atoms with van der Waals surface area (Å²) in [5.74, 6) is 0. The molecular formula is C32H16N4S2. The highest BCUT2D eigenvalue weighted by Gasteiger charge is 2.26. The number of para-hydroxylation sites is 4. The van der Waals surface area contributed by atoms with E-state index in [1.165, 1.54) is 22.7 Å². The van der Waals surface area contributed by atoms with E-state index in [0.717, 1.165) is 63.0 Å². The van der Waals surface area contributed by atoms with Crippen molar-refractivity contribution in [2.45, 2.75) is 0 Å². The zero-order valence-corrected chi connectivity index (χ0v) is 21.5. The predicted molar refractivity (Wildman–Crippen MR) is 158 cm³/mol. The van der Waals surface area contributed by atoms with Crippen LogP contribution in [0, 0.1) is 22.7 Å². The summed E-state index contributed by atoms with van der Waals surface area (Å²) in [6.45, 7) is 0. The van der Waals surface area contributed by atoms with Crippen molar-refractivity contribution in [3.05, 3.63) is 108 Å². The van der Waals surface area contributed by atoms with E-state index in [4.69, 9.17) is 0 Å². The lowest BCUT2D eigenvalue weighted by molar-refractivity contribution is 1.21. The molecule has 0 N–H and O–H groups in total. The van der Waals surface area contributed by atoms with Gasteiger partial charge in [0.2, 0.25) is 0 Å². The van der Waals surface area contributed by atoms with Gasteiger partial charge in [-0.2, -0.15) is 10.5 Å². The quantitative estimate of drug-likeness (QED) is 0.228. The average molecular weight is 521 g/mol. The number of fused-ring (bicyclic) bond motifs is 7. The molecule has 0 aliphatic rings.